The van der Waals surface area contributed by atoms with Crippen molar-refractivity contribution in [3.8, 4) is 0 Å². The van der Waals surface area contributed by atoms with Crippen LogP contribution in [0.5, 0.6) is 0 Å². The van der Waals surface area contributed by atoms with E-state index in [0.717, 1.165) is 19.4 Å². The first kappa shape index (κ1) is 16.1. The van der Waals surface area contributed by atoms with Crippen LogP contribution >= 0.6 is 38.6 Å². The van der Waals surface area contributed by atoms with E-state index in [-0.39, 0.29) is 0 Å². The summed E-state index contributed by atoms with van der Waals surface area (Å²) in [5, 5.41) is 4.89. The van der Waals surface area contributed by atoms with Gasteiger partial charge in [-0.2, -0.15) is 0 Å². The Morgan fingerprint density at radius 3 is 2.55 bits per heavy atom. The van der Waals surface area contributed by atoms with Crippen LogP contribution in [-0.2, 0) is 6.42 Å². The highest BCUT2D eigenvalue weighted by Gasteiger charge is 2.17. The van der Waals surface area contributed by atoms with E-state index in [1.54, 1.807) is 0 Å². The van der Waals surface area contributed by atoms with Crippen LogP contribution in [0, 0.1) is 20.8 Å². The highest BCUT2D eigenvalue weighted by Crippen LogP contribution is 2.33. The number of halogens is 1. The predicted molar refractivity (Wildman–Crippen MR) is 93.1 cm³/mol. The zero-order chi connectivity index (χ0) is 14.7. The lowest BCUT2D eigenvalue weighted by molar-refractivity contribution is 0.535. The van der Waals surface area contributed by atoms with Crippen molar-refractivity contribution in [2.45, 2.75) is 46.6 Å². The minimum atomic E-state index is 0.370. The van der Waals surface area contributed by atoms with Crippen molar-refractivity contribution in [1.29, 1.82) is 0 Å². The molecule has 0 fully saturated rings. The number of hydrogen-bond donors (Lipinski definition) is 1. The molecule has 2 nitrogen and oxygen atoms in total. The molecule has 110 valence electrons. The Labute approximate surface area is 137 Å². The molecule has 0 bridgehead atoms. The van der Waals surface area contributed by atoms with Gasteiger partial charge in [-0.3, -0.25) is 0 Å². The molecule has 0 radical (unpaired) electrons. The van der Waals surface area contributed by atoms with Gasteiger partial charge in [0.2, 0.25) is 0 Å². The predicted octanol–water partition coefficient (Wildman–Crippen LogP) is 5.18. The fraction of sp³-hybridized carbons (Fsp3) is 0.533. The van der Waals surface area contributed by atoms with Crippen LogP contribution in [0.2, 0.25) is 0 Å². The van der Waals surface area contributed by atoms with Crippen LogP contribution in [0.25, 0.3) is 0 Å². The van der Waals surface area contributed by atoms with Gasteiger partial charge in [0.25, 0.3) is 0 Å². The van der Waals surface area contributed by atoms with Crippen molar-refractivity contribution in [2.75, 3.05) is 6.54 Å². The number of thiophene rings is 1. The Hall–Kier alpha value is -0.230. The summed E-state index contributed by atoms with van der Waals surface area (Å²) in [6.07, 6.45) is 2.13. The van der Waals surface area contributed by atoms with E-state index in [9.17, 15) is 0 Å². The molecule has 1 atom stereocenters. The fourth-order valence-corrected chi connectivity index (χ4v) is 4.67. The Bertz CT molecular complexity index is 535. The molecule has 1 unspecified atom stereocenters. The number of aryl methyl sites for hydroxylation is 3. The van der Waals surface area contributed by atoms with Gasteiger partial charge in [-0.15, -0.1) is 22.7 Å². The van der Waals surface area contributed by atoms with E-state index in [0.29, 0.717) is 6.04 Å². The maximum atomic E-state index is 4.68. The number of hydrogen-bond acceptors (Lipinski definition) is 4. The van der Waals surface area contributed by atoms with Gasteiger partial charge in [0.1, 0.15) is 0 Å². The van der Waals surface area contributed by atoms with Gasteiger partial charge in [0.15, 0.2) is 0 Å². The zero-order valence-corrected chi connectivity index (χ0v) is 15.6. The van der Waals surface area contributed by atoms with E-state index >= 15 is 0 Å². The standard InChI is InChI=1S/C15H21BrN2S2/c1-5-6-17-12(13-7-9(2)15(16)20-13)8-14-18-10(3)11(4)19-14/h7,12,17H,5-6,8H2,1-4H3. The fourth-order valence-electron chi connectivity index (χ4n) is 2.05. The van der Waals surface area contributed by atoms with Crippen LogP contribution < -0.4 is 5.32 Å². The van der Waals surface area contributed by atoms with Crippen molar-refractivity contribution in [1.82, 2.24) is 10.3 Å². The minimum Gasteiger partial charge on any atom is -0.309 e. The van der Waals surface area contributed by atoms with Gasteiger partial charge in [-0.1, -0.05) is 6.92 Å². The van der Waals surface area contributed by atoms with E-state index in [2.05, 4.69) is 60.0 Å². The van der Waals surface area contributed by atoms with E-state index in [1.165, 1.54) is 29.8 Å². The maximum absolute atomic E-state index is 4.68. The third kappa shape index (κ3) is 3.91. The van der Waals surface area contributed by atoms with Gasteiger partial charge in [0, 0.05) is 22.2 Å². The molecule has 2 rings (SSSR count). The van der Waals surface area contributed by atoms with Crippen LogP contribution in [-0.4, -0.2) is 11.5 Å². The van der Waals surface area contributed by atoms with Crippen LogP contribution in [0.4, 0.5) is 0 Å². The quantitative estimate of drug-likeness (QED) is 0.755. The van der Waals surface area contributed by atoms with Crippen molar-refractivity contribution in [3.05, 3.63) is 35.9 Å². The first-order valence-electron chi connectivity index (χ1n) is 6.93. The molecular weight excluding hydrogens is 352 g/mol. The van der Waals surface area contributed by atoms with E-state index in [4.69, 9.17) is 0 Å². The van der Waals surface area contributed by atoms with Gasteiger partial charge < -0.3 is 5.32 Å². The number of nitrogens with one attached hydrogen (secondary N) is 1. The summed E-state index contributed by atoms with van der Waals surface area (Å²) in [6, 6.07) is 2.66. The number of thiazole rings is 1. The summed E-state index contributed by atoms with van der Waals surface area (Å²) >= 11 is 7.29. The smallest absolute Gasteiger partial charge is 0.0950 e. The van der Waals surface area contributed by atoms with Crippen LogP contribution in [0.3, 0.4) is 0 Å². The lowest BCUT2D eigenvalue weighted by Gasteiger charge is -2.15. The van der Waals surface area contributed by atoms with Crippen LogP contribution in [0.15, 0.2) is 9.85 Å². The Kier molecular flexibility index (Phi) is 5.78. The highest BCUT2D eigenvalue weighted by molar-refractivity contribution is 9.11. The second-order valence-electron chi connectivity index (χ2n) is 5.07. The lowest BCUT2D eigenvalue weighted by atomic mass is 10.1. The van der Waals surface area contributed by atoms with Gasteiger partial charge in [-0.25, -0.2) is 4.98 Å². The second kappa shape index (κ2) is 7.16. The monoisotopic (exact) mass is 372 g/mol. The average molecular weight is 373 g/mol. The molecule has 2 heterocycles. The summed E-state index contributed by atoms with van der Waals surface area (Å²) in [5.74, 6) is 0. The van der Waals surface area contributed by atoms with E-state index < -0.39 is 0 Å². The first-order chi connectivity index (χ1) is 9.51. The average Bonchev–Trinajstić information content (AvgIpc) is 2.89. The molecule has 2 aromatic rings. The first-order valence-corrected chi connectivity index (χ1v) is 9.36. The summed E-state index contributed by atoms with van der Waals surface area (Å²) in [5.41, 5.74) is 2.49. The molecule has 1 N–H and O–H groups in total. The number of rotatable bonds is 6. The molecule has 0 aromatic carbocycles. The summed E-state index contributed by atoms with van der Waals surface area (Å²) in [6.45, 7) is 9.64. The van der Waals surface area contributed by atoms with Gasteiger partial charge in [-0.05, 0) is 61.3 Å². The summed E-state index contributed by atoms with van der Waals surface area (Å²) in [7, 11) is 0. The Balaban J connectivity index is 2.18. The molecule has 20 heavy (non-hydrogen) atoms. The van der Waals surface area contributed by atoms with Gasteiger partial charge in [0.05, 0.1) is 14.5 Å². The maximum Gasteiger partial charge on any atom is 0.0950 e. The molecule has 5 heteroatoms. The molecule has 2 aromatic heterocycles. The topological polar surface area (TPSA) is 24.9 Å². The summed E-state index contributed by atoms with van der Waals surface area (Å²) < 4.78 is 1.24. The van der Waals surface area contributed by atoms with Gasteiger partial charge >= 0.3 is 0 Å². The molecule has 0 spiro atoms. The molecule has 0 amide bonds. The largest absolute Gasteiger partial charge is 0.309 e. The highest BCUT2D eigenvalue weighted by atomic mass is 79.9. The van der Waals surface area contributed by atoms with Crippen molar-refractivity contribution in [3.63, 3.8) is 0 Å². The Morgan fingerprint density at radius 2 is 2.05 bits per heavy atom. The van der Waals surface area contributed by atoms with Crippen molar-refractivity contribution >= 4 is 38.6 Å². The SMILES string of the molecule is CCCNC(Cc1nc(C)c(C)s1)c1cc(C)c(Br)s1. The van der Waals surface area contributed by atoms with Crippen molar-refractivity contribution in [2.24, 2.45) is 0 Å². The van der Waals surface area contributed by atoms with Crippen LogP contribution in [0.1, 0.15) is 45.4 Å². The zero-order valence-electron chi connectivity index (χ0n) is 12.4. The second-order valence-corrected chi connectivity index (χ2v) is 8.75. The molecule has 0 saturated heterocycles. The normalized spacial score (nSPS) is 12.8. The Morgan fingerprint density at radius 1 is 1.30 bits per heavy atom. The minimum absolute atomic E-state index is 0.370. The molecule has 0 aliphatic rings. The number of aromatic nitrogens is 1. The molecular formula is C15H21BrN2S2. The third-order valence-electron chi connectivity index (χ3n) is 3.31. The molecule has 0 aliphatic carbocycles. The lowest BCUT2D eigenvalue weighted by Crippen LogP contribution is -2.23. The van der Waals surface area contributed by atoms with E-state index in [1.807, 2.05) is 22.7 Å². The molecule has 0 saturated carbocycles. The number of nitrogens with zero attached hydrogens (tertiary/aromatic N) is 1. The summed E-state index contributed by atoms with van der Waals surface area (Å²) in [4.78, 5) is 7.41. The molecule has 0 aliphatic heterocycles. The third-order valence-corrected chi connectivity index (χ3v) is 6.66. The van der Waals surface area contributed by atoms with Crippen molar-refractivity contribution < 1.29 is 0 Å².